The van der Waals surface area contributed by atoms with Crippen molar-refractivity contribution in [1.82, 2.24) is 5.32 Å². The fourth-order valence-corrected chi connectivity index (χ4v) is 2.29. The van der Waals surface area contributed by atoms with E-state index in [1.165, 1.54) is 24.3 Å². The summed E-state index contributed by atoms with van der Waals surface area (Å²) in [6, 6.07) is 8.24. The average molecular weight is 373 g/mol. The van der Waals surface area contributed by atoms with Crippen LogP contribution in [0.25, 0.3) is 0 Å². The zero-order valence-electron chi connectivity index (χ0n) is 12.6. The molecule has 5 nitrogen and oxygen atoms in total. The molecule has 2 aromatic rings. The maximum absolute atomic E-state index is 12.5. The second-order valence-electron chi connectivity index (χ2n) is 5.12. The highest BCUT2D eigenvalue weighted by atomic mass is 35.5. The molecule has 0 radical (unpaired) electrons. The molecule has 0 fully saturated rings. The Hall–Kier alpha value is -2.61. The third-order valence-corrected chi connectivity index (χ3v) is 3.62. The van der Waals surface area contributed by atoms with Gasteiger partial charge in [0.25, 0.3) is 11.6 Å². The van der Waals surface area contributed by atoms with E-state index in [2.05, 4.69) is 5.32 Å². The minimum absolute atomic E-state index is 0.115. The van der Waals surface area contributed by atoms with Gasteiger partial charge in [0.15, 0.2) is 0 Å². The van der Waals surface area contributed by atoms with Gasteiger partial charge in [0.1, 0.15) is 5.56 Å². The number of carbonyl (C=O) groups excluding carboxylic acids is 1. The number of rotatable bonds is 5. The van der Waals surface area contributed by atoms with Gasteiger partial charge >= 0.3 is 6.18 Å². The van der Waals surface area contributed by atoms with Gasteiger partial charge in [-0.1, -0.05) is 23.7 Å². The van der Waals surface area contributed by atoms with Gasteiger partial charge in [-0.15, -0.1) is 0 Å². The Kier molecular flexibility index (Phi) is 5.63. The van der Waals surface area contributed by atoms with Crippen LogP contribution in [0.2, 0.25) is 5.02 Å². The van der Waals surface area contributed by atoms with E-state index < -0.39 is 28.3 Å². The van der Waals surface area contributed by atoms with E-state index in [9.17, 15) is 28.1 Å². The van der Waals surface area contributed by atoms with Crippen LogP contribution in [0.4, 0.5) is 18.9 Å². The normalized spacial score (nSPS) is 11.2. The predicted molar refractivity (Wildman–Crippen MR) is 85.6 cm³/mol. The first-order valence-electron chi connectivity index (χ1n) is 7.07. The van der Waals surface area contributed by atoms with E-state index in [0.29, 0.717) is 5.56 Å². The molecule has 0 atom stereocenters. The molecular weight excluding hydrogens is 361 g/mol. The fourth-order valence-electron chi connectivity index (χ4n) is 2.12. The number of carbonyl (C=O) groups is 1. The molecule has 0 bridgehead atoms. The Balaban J connectivity index is 1.98. The number of alkyl halides is 3. The number of nitro groups is 1. The zero-order chi connectivity index (χ0) is 18.6. The van der Waals surface area contributed by atoms with Crippen LogP contribution in [0.3, 0.4) is 0 Å². The fraction of sp³-hybridized carbons (Fsp3) is 0.188. The highest BCUT2D eigenvalue weighted by Crippen LogP contribution is 2.29. The van der Waals surface area contributed by atoms with E-state index in [1.807, 2.05) is 0 Å². The molecule has 1 amide bonds. The van der Waals surface area contributed by atoms with Crippen molar-refractivity contribution in [2.24, 2.45) is 0 Å². The van der Waals surface area contributed by atoms with E-state index in [0.717, 1.165) is 18.2 Å². The van der Waals surface area contributed by atoms with Crippen molar-refractivity contribution in [3.63, 3.8) is 0 Å². The monoisotopic (exact) mass is 372 g/mol. The number of hydrogen-bond donors (Lipinski definition) is 1. The highest BCUT2D eigenvalue weighted by Gasteiger charge is 2.29. The standard InChI is InChI=1S/C16H12ClF3N2O3/c17-12-5-6-13(14(9-12)22(24)25)15(23)21-8-7-10-1-3-11(4-2-10)16(18,19)20/h1-6,9H,7-8H2,(H,21,23). The molecule has 2 rings (SSSR count). The Morgan fingerprint density at radius 3 is 2.36 bits per heavy atom. The molecule has 0 unspecified atom stereocenters. The summed E-state index contributed by atoms with van der Waals surface area (Å²) in [6.07, 6.45) is -4.12. The van der Waals surface area contributed by atoms with Gasteiger partial charge in [-0.3, -0.25) is 14.9 Å². The van der Waals surface area contributed by atoms with E-state index in [-0.39, 0.29) is 23.6 Å². The molecule has 0 aliphatic carbocycles. The summed E-state index contributed by atoms with van der Waals surface area (Å²) in [7, 11) is 0. The van der Waals surface area contributed by atoms with Crippen molar-refractivity contribution in [2.45, 2.75) is 12.6 Å². The zero-order valence-corrected chi connectivity index (χ0v) is 13.4. The third kappa shape index (κ3) is 4.93. The summed E-state index contributed by atoms with van der Waals surface area (Å²) in [5.74, 6) is -0.657. The first-order valence-corrected chi connectivity index (χ1v) is 7.44. The van der Waals surface area contributed by atoms with Gasteiger partial charge in [0.05, 0.1) is 10.5 Å². The molecule has 0 saturated carbocycles. The lowest BCUT2D eigenvalue weighted by atomic mass is 10.1. The molecule has 2 aromatic carbocycles. The number of nitro benzene ring substituents is 1. The van der Waals surface area contributed by atoms with Gasteiger partial charge < -0.3 is 5.32 Å². The van der Waals surface area contributed by atoms with Crippen molar-refractivity contribution >= 4 is 23.2 Å². The largest absolute Gasteiger partial charge is 0.416 e. The second-order valence-corrected chi connectivity index (χ2v) is 5.56. The predicted octanol–water partition coefficient (Wildman–Crippen LogP) is 4.24. The Morgan fingerprint density at radius 2 is 1.80 bits per heavy atom. The van der Waals surface area contributed by atoms with E-state index >= 15 is 0 Å². The molecule has 0 heterocycles. The van der Waals surface area contributed by atoms with Crippen LogP contribution in [0.1, 0.15) is 21.5 Å². The molecule has 1 N–H and O–H groups in total. The molecule has 132 valence electrons. The number of benzene rings is 2. The molecule has 0 saturated heterocycles. The SMILES string of the molecule is O=C(NCCc1ccc(C(F)(F)F)cc1)c1ccc(Cl)cc1[N+](=O)[O-]. The number of halogens is 4. The average Bonchev–Trinajstić information content (AvgIpc) is 2.54. The van der Waals surface area contributed by atoms with Gasteiger partial charge in [0, 0.05) is 17.6 Å². The van der Waals surface area contributed by atoms with Gasteiger partial charge in [-0.05, 0) is 36.2 Å². The smallest absolute Gasteiger partial charge is 0.351 e. The minimum Gasteiger partial charge on any atom is -0.351 e. The summed E-state index contributed by atoms with van der Waals surface area (Å²) in [4.78, 5) is 22.3. The number of amides is 1. The quantitative estimate of drug-likeness (QED) is 0.630. The lowest BCUT2D eigenvalue weighted by Crippen LogP contribution is -2.26. The van der Waals surface area contributed by atoms with Gasteiger partial charge in [-0.25, -0.2) is 0 Å². The van der Waals surface area contributed by atoms with Crippen LogP contribution in [-0.4, -0.2) is 17.4 Å². The van der Waals surface area contributed by atoms with Crippen molar-refractivity contribution in [3.05, 3.63) is 74.3 Å². The molecule has 0 aliphatic rings. The van der Waals surface area contributed by atoms with Crippen molar-refractivity contribution in [2.75, 3.05) is 6.54 Å². The van der Waals surface area contributed by atoms with Crippen molar-refractivity contribution < 1.29 is 22.9 Å². The van der Waals surface area contributed by atoms with Crippen LogP contribution in [-0.2, 0) is 12.6 Å². The number of nitrogens with zero attached hydrogens (tertiary/aromatic N) is 1. The van der Waals surface area contributed by atoms with Crippen LogP contribution in [0.15, 0.2) is 42.5 Å². The molecule has 0 aromatic heterocycles. The van der Waals surface area contributed by atoms with Crippen molar-refractivity contribution in [3.8, 4) is 0 Å². The summed E-state index contributed by atoms with van der Waals surface area (Å²) < 4.78 is 37.4. The summed E-state index contributed by atoms with van der Waals surface area (Å²) >= 11 is 5.68. The van der Waals surface area contributed by atoms with Crippen LogP contribution < -0.4 is 5.32 Å². The lowest BCUT2D eigenvalue weighted by molar-refractivity contribution is -0.385. The number of nitrogens with one attached hydrogen (secondary N) is 1. The summed E-state index contributed by atoms with van der Waals surface area (Å²) in [5.41, 5.74) is -0.711. The van der Waals surface area contributed by atoms with E-state index in [1.54, 1.807) is 0 Å². The second kappa shape index (κ2) is 7.52. The molecule has 0 aliphatic heterocycles. The Morgan fingerprint density at radius 1 is 1.16 bits per heavy atom. The Labute approximate surface area is 145 Å². The third-order valence-electron chi connectivity index (χ3n) is 3.38. The first-order chi connectivity index (χ1) is 11.7. The van der Waals surface area contributed by atoms with Crippen molar-refractivity contribution in [1.29, 1.82) is 0 Å². The molecule has 0 spiro atoms. The summed E-state index contributed by atoms with van der Waals surface area (Å²) in [6.45, 7) is 0.115. The van der Waals surface area contributed by atoms with Gasteiger partial charge in [-0.2, -0.15) is 13.2 Å². The van der Waals surface area contributed by atoms with Crippen LogP contribution in [0, 0.1) is 10.1 Å². The molecular formula is C16H12ClF3N2O3. The van der Waals surface area contributed by atoms with E-state index in [4.69, 9.17) is 11.6 Å². The van der Waals surface area contributed by atoms with Crippen LogP contribution >= 0.6 is 11.6 Å². The number of hydrogen-bond acceptors (Lipinski definition) is 3. The van der Waals surface area contributed by atoms with Gasteiger partial charge in [0.2, 0.25) is 0 Å². The van der Waals surface area contributed by atoms with Crippen LogP contribution in [0.5, 0.6) is 0 Å². The maximum Gasteiger partial charge on any atom is 0.416 e. The topological polar surface area (TPSA) is 72.2 Å². The highest BCUT2D eigenvalue weighted by molar-refractivity contribution is 6.31. The first kappa shape index (κ1) is 18.7. The molecule has 9 heteroatoms. The lowest BCUT2D eigenvalue weighted by Gasteiger charge is -2.09. The maximum atomic E-state index is 12.5. The summed E-state index contributed by atoms with van der Waals surface area (Å²) in [5, 5.41) is 13.6. The molecule has 25 heavy (non-hydrogen) atoms. The Bertz CT molecular complexity index is 792. The minimum atomic E-state index is -4.40.